The summed E-state index contributed by atoms with van der Waals surface area (Å²) in [5.41, 5.74) is 19.9. The Labute approximate surface area is 548 Å². The second kappa shape index (κ2) is 29.7. The molecule has 0 N–H and O–H groups in total. The summed E-state index contributed by atoms with van der Waals surface area (Å²) in [7, 11) is 0. The molecule has 0 amide bonds. The molecule has 453 valence electrons. The van der Waals surface area contributed by atoms with E-state index in [0.717, 1.165) is 134 Å². The van der Waals surface area contributed by atoms with E-state index in [2.05, 4.69) is 239 Å². The number of hydrogen-bond donors (Lipinski definition) is 0. The van der Waals surface area contributed by atoms with Crippen LogP contribution >= 0.6 is 0 Å². The molecule has 0 saturated carbocycles. The summed E-state index contributed by atoms with van der Waals surface area (Å²) < 4.78 is 0. The van der Waals surface area contributed by atoms with Gasteiger partial charge in [-0.05, 0) is 128 Å². The SMILES string of the molecule is CCCCCCc1ccc(-c2ccc3ccc4nc5ccccc5cc4c3n2)cc1.CCCCCCc1ccc(-c2ccc3ccc4nc5ccccc5cc4c3n2)cc1.CCCCCCc1ccc(-c2ccc3ccc4nc5ccccc5cc4c3n2)cc1.[Ir]. The average molecular weight is 1360 g/mol. The monoisotopic (exact) mass is 1360 g/mol. The second-order valence-corrected chi connectivity index (χ2v) is 24.3. The molecule has 0 unspecified atom stereocenters. The minimum atomic E-state index is 0. The van der Waals surface area contributed by atoms with Gasteiger partial charge in [-0.2, -0.15) is 0 Å². The third-order valence-corrected chi connectivity index (χ3v) is 17.8. The van der Waals surface area contributed by atoms with E-state index >= 15 is 0 Å². The number of para-hydroxylation sites is 3. The molecule has 1 radical (unpaired) electrons. The van der Waals surface area contributed by atoms with Gasteiger partial charge in [0.2, 0.25) is 0 Å². The van der Waals surface area contributed by atoms with Gasteiger partial charge in [-0.1, -0.05) is 242 Å². The van der Waals surface area contributed by atoms with E-state index in [1.165, 1.54) is 110 Å². The van der Waals surface area contributed by atoms with Crippen molar-refractivity contribution in [3.8, 4) is 33.8 Å². The molecule has 6 nitrogen and oxygen atoms in total. The van der Waals surface area contributed by atoms with E-state index in [1.807, 2.05) is 18.2 Å². The minimum Gasteiger partial charge on any atom is -0.248 e. The average Bonchev–Trinajstić information content (AvgIpc) is 0.867. The summed E-state index contributed by atoms with van der Waals surface area (Å²) in [5.74, 6) is 0. The van der Waals surface area contributed by atoms with E-state index in [4.69, 9.17) is 29.9 Å². The fraction of sp³-hybridized carbons (Fsp3) is 0.214. The Bertz CT molecular complexity index is 4470. The Morgan fingerprint density at radius 1 is 0.231 bits per heavy atom. The van der Waals surface area contributed by atoms with E-state index in [-0.39, 0.29) is 20.1 Å². The van der Waals surface area contributed by atoms with E-state index in [1.54, 1.807) is 0 Å². The van der Waals surface area contributed by atoms with E-state index in [0.29, 0.717) is 0 Å². The van der Waals surface area contributed by atoms with Crippen LogP contribution in [-0.4, -0.2) is 29.9 Å². The molecule has 0 spiro atoms. The number of fused-ring (bicyclic) bond motifs is 12. The molecule has 0 aliphatic carbocycles. The van der Waals surface area contributed by atoms with Crippen molar-refractivity contribution >= 4 is 98.1 Å². The third kappa shape index (κ3) is 14.6. The Hall–Kier alpha value is -9.13. The van der Waals surface area contributed by atoms with Gasteiger partial charge < -0.3 is 0 Å². The number of pyridine rings is 6. The van der Waals surface area contributed by atoms with Crippen molar-refractivity contribution in [2.75, 3.05) is 0 Å². The van der Waals surface area contributed by atoms with Crippen molar-refractivity contribution in [3.63, 3.8) is 0 Å². The van der Waals surface area contributed by atoms with Crippen molar-refractivity contribution in [1.29, 1.82) is 0 Å². The summed E-state index contributed by atoms with van der Waals surface area (Å²) in [4.78, 5) is 29.7. The maximum Gasteiger partial charge on any atom is 0.0803 e. The fourth-order valence-electron chi connectivity index (χ4n) is 12.6. The van der Waals surface area contributed by atoms with Crippen molar-refractivity contribution in [3.05, 3.63) is 253 Å². The second-order valence-electron chi connectivity index (χ2n) is 24.3. The number of aryl methyl sites for hydroxylation is 3. The van der Waals surface area contributed by atoms with Crippen molar-refractivity contribution in [2.45, 2.75) is 117 Å². The summed E-state index contributed by atoms with van der Waals surface area (Å²) in [6.07, 6.45) is 19.1. The van der Waals surface area contributed by atoms with Crippen LogP contribution in [-0.2, 0) is 39.4 Å². The van der Waals surface area contributed by atoms with Crippen molar-refractivity contribution < 1.29 is 20.1 Å². The number of benzene rings is 9. The minimum absolute atomic E-state index is 0. The predicted molar refractivity (Wildman–Crippen MR) is 383 cm³/mol. The summed E-state index contributed by atoms with van der Waals surface area (Å²) >= 11 is 0. The van der Waals surface area contributed by atoms with Gasteiger partial charge in [0.1, 0.15) is 0 Å². The zero-order valence-electron chi connectivity index (χ0n) is 52.6. The van der Waals surface area contributed by atoms with Crippen molar-refractivity contribution in [2.24, 2.45) is 0 Å². The zero-order valence-corrected chi connectivity index (χ0v) is 55.0. The Morgan fingerprint density at radius 3 is 0.791 bits per heavy atom. The van der Waals surface area contributed by atoms with Gasteiger partial charge in [-0.3, -0.25) is 0 Å². The van der Waals surface area contributed by atoms with Gasteiger partial charge in [0, 0.05) is 85.3 Å². The first-order valence-corrected chi connectivity index (χ1v) is 33.0. The van der Waals surface area contributed by atoms with Crippen LogP contribution in [0.5, 0.6) is 0 Å². The summed E-state index contributed by atoms with van der Waals surface area (Å²) in [6, 6.07) is 83.8. The molecule has 15 rings (SSSR count). The Morgan fingerprint density at radius 2 is 0.505 bits per heavy atom. The van der Waals surface area contributed by atoms with Crippen LogP contribution < -0.4 is 0 Å². The predicted octanol–water partition coefficient (Wildman–Crippen LogP) is 23.2. The first kappa shape index (κ1) is 62.1. The molecule has 0 fully saturated rings. The van der Waals surface area contributed by atoms with Crippen LogP contribution in [0.4, 0.5) is 0 Å². The van der Waals surface area contributed by atoms with Crippen LogP contribution in [0, 0.1) is 0 Å². The quantitative estimate of drug-likeness (QED) is 0.0484. The van der Waals surface area contributed by atoms with Crippen LogP contribution in [0.2, 0.25) is 0 Å². The number of unbranched alkanes of at least 4 members (excludes halogenated alkanes) is 9. The van der Waals surface area contributed by atoms with Crippen LogP contribution in [0.1, 0.15) is 115 Å². The fourth-order valence-corrected chi connectivity index (χ4v) is 12.6. The maximum absolute atomic E-state index is 5.06. The van der Waals surface area contributed by atoms with Crippen LogP contribution in [0.25, 0.3) is 132 Å². The third-order valence-electron chi connectivity index (χ3n) is 17.8. The van der Waals surface area contributed by atoms with Gasteiger partial charge in [0.15, 0.2) is 0 Å². The normalized spacial score (nSPS) is 11.4. The van der Waals surface area contributed by atoms with Gasteiger partial charge in [-0.15, -0.1) is 0 Å². The van der Waals surface area contributed by atoms with Gasteiger partial charge >= 0.3 is 0 Å². The molecule has 6 aromatic heterocycles. The van der Waals surface area contributed by atoms with Crippen molar-refractivity contribution in [1.82, 2.24) is 29.9 Å². The van der Waals surface area contributed by atoms with E-state index < -0.39 is 0 Å². The van der Waals surface area contributed by atoms with Gasteiger partial charge in [0.25, 0.3) is 0 Å². The molecule has 15 aromatic rings. The zero-order chi connectivity index (χ0) is 61.0. The maximum atomic E-state index is 5.06. The molecule has 9 aromatic carbocycles. The van der Waals surface area contributed by atoms with E-state index in [9.17, 15) is 0 Å². The largest absolute Gasteiger partial charge is 0.248 e. The number of rotatable bonds is 18. The smallest absolute Gasteiger partial charge is 0.0803 e. The Kier molecular flexibility index (Phi) is 20.2. The van der Waals surface area contributed by atoms with Gasteiger partial charge in [0.05, 0.1) is 66.7 Å². The first-order chi connectivity index (χ1) is 44.4. The molecule has 0 atom stereocenters. The van der Waals surface area contributed by atoms with Crippen LogP contribution in [0.15, 0.2) is 237 Å². The molecule has 0 aliphatic heterocycles. The molecule has 6 heterocycles. The first-order valence-electron chi connectivity index (χ1n) is 33.0. The molecule has 0 saturated heterocycles. The Balaban J connectivity index is 0.000000131. The summed E-state index contributed by atoms with van der Waals surface area (Å²) in [5, 5.41) is 10.2. The van der Waals surface area contributed by atoms with Crippen LogP contribution in [0.3, 0.4) is 0 Å². The standard InChI is InChI=1S/3C28H26N2.Ir/c3*1-2-3-4-5-8-20-11-13-21(14-12-20)26-17-15-22-16-18-27-24(28(22)30-26)19-23-9-6-7-10-25(23)29-27;/h3*6-7,9-19H,2-5,8H2,1H3;. The number of nitrogens with zero attached hydrogens (tertiary/aromatic N) is 6. The molecular weight excluding hydrogens is 1290 g/mol. The number of hydrogen-bond acceptors (Lipinski definition) is 6. The molecule has 0 bridgehead atoms. The van der Waals surface area contributed by atoms with Gasteiger partial charge in [-0.25, -0.2) is 29.9 Å². The topological polar surface area (TPSA) is 77.3 Å². The summed E-state index contributed by atoms with van der Waals surface area (Å²) in [6.45, 7) is 6.77. The molecule has 0 aliphatic rings. The number of aromatic nitrogens is 6. The molecule has 91 heavy (non-hydrogen) atoms. The molecular formula is C84H78IrN6. The molecule has 7 heteroatoms.